The highest BCUT2D eigenvalue weighted by molar-refractivity contribution is 5.76. The lowest BCUT2D eigenvalue weighted by atomic mass is 9.98. The fourth-order valence-corrected chi connectivity index (χ4v) is 2.35. The van der Waals surface area contributed by atoms with Crippen LogP contribution in [-0.2, 0) is 0 Å². The topological polar surface area (TPSA) is 38.1 Å². The number of nitrogens with one attached hydrogen (secondary N) is 1. The first kappa shape index (κ1) is 9.85. The molecule has 3 nitrogen and oxygen atoms in total. The SMILES string of the molecule is Cc1cccc2oc(C3CCNCC3)nc12. The lowest BCUT2D eigenvalue weighted by Gasteiger charge is -2.19. The van der Waals surface area contributed by atoms with Crippen molar-refractivity contribution >= 4 is 11.1 Å². The van der Waals surface area contributed by atoms with E-state index in [1.807, 2.05) is 12.1 Å². The van der Waals surface area contributed by atoms with Crippen LogP contribution in [0.2, 0.25) is 0 Å². The highest BCUT2D eigenvalue weighted by Crippen LogP contribution is 2.28. The van der Waals surface area contributed by atoms with Crippen molar-refractivity contribution in [2.45, 2.75) is 25.7 Å². The predicted octanol–water partition coefficient (Wildman–Crippen LogP) is 2.60. The van der Waals surface area contributed by atoms with Crippen molar-refractivity contribution in [2.75, 3.05) is 13.1 Å². The van der Waals surface area contributed by atoms with Gasteiger partial charge in [-0.05, 0) is 44.5 Å². The average molecular weight is 216 g/mol. The van der Waals surface area contributed by atoms with Gasteiger partial charge >= 0.3 is 0 Å². The quantitative estimate of drug-likeness (QED) is 0.796. The van der Waals surface area contributed by atoms with E-state index in [0.717, 1.165) is 42.9 Å². The zero-order valence-corrected chi connectivity index (χ0v) is 9.49. The number of aryl methyl sites for hydroxylation is 1. The average Bonchev–Trinajstić information content (AvgIpc) is 2.76. The lowest BCUT2D eigenvalue weighted by molar-refractivity contribution is 0.385. The van der Waals surface area contributed by atoms with Gasteiger partial charge < -0.3 is 9.73 Å². The van der Waals surface area contributed by atoms with E-state index in [2.05, 4.69) is 23.3 Å². The van der Waals surface area contributed by atoms with Gasteiger partial charge in [-0.2, -0.15) is 0 Å². The lowest BCUT2D eigenvalue weighted by Crippen LogP contribution is -2.26. The van der Waals surface area contributed by atoms with Gasteiger partial charge in [0, 0.05) is 5.92 Å². The number of piperidine rings is 1. The molecule has 1 N–H and O–H groups in total. The minimum atomic E-state index is 0.494. The molecule has 0 aliphatic carbocycles. The summed E-state index contributed by atoms with van der Waals surface area (Å²) in [6, 6.07) is 6.10. The third-order valence-corrected chi connectivity index (χ3v) is 3.33. The number of hydrogen-bond donors (Lipinski definition) is 1. The Morgan fingerprint density at radius 1 is 1.31 bits per heavy atom. The van der Waals surface area contributed by atoms with Gasteiger partial charge in [0.1, 0.15) is 5.52 Å². The number of benzene rings is 1. The Bertz CT molecular complexity index is 498. The van der Waals surface area contributed by atoms with Crippen LogP contribution in [0.25, 0.3) is 11.1 Å². The molecule has 0 spiro atoms. The normalized spacial score (nSPS) is 18.1. The summed E-state index contributed by atoms with van der Waals surface area (Å²) in [5.41, 5.74) is 3.14. The summed E-state index contributed by atoms with van der Waals surface area (Å²) in [6.45, 7) is 4.22. The molecule has 1 aromatic carbocycles. The third-order valence-electron chi connectivity index (χ3n) is 3.33. The van der Waals surface area contributed by atoms with E-state index in [1.54, 1.807) is 0 Å². The summed E-state index contributed by atoms with van der Waals surface area (Å²) in [4.78, 5) is 4.64. The largest absolute Gasteiger partial charge is 0.440 e. The Morgan fingerprint density at radius 3 is 2.88 bits per heavy atom. The summed E-state index contributed by atoms with van der Waals surface area (Å²) in [5.74, 6) is 1.42. The number of nitrogens with zero attached hydrogens (tertiary/aromatic N) is 1. The summed E-state index contributed by atoms with van der Waals surface area (Å²) < 4.78 is 5.85. The molecule has 1 saturated heterocycles. The maximum absolute atomic E-state index is 5.85. The Morgan fingerprint density at radius 2 is 2.12 bits per heavy atom. The van der Waals surface area contributed by atoms with Crippen molar-refractivity contribution in [1.82, 2.24) is 10.3 Å². The summed E-state index contributed by atoms with van der Waals surface area (Å²) in [5, 5.41) is 3.36. The van der Waals surface area contributed by atoms with Crippen LogP contribution in [0.4, 0.5) is 0 Å². The number of hydrogen-bond acceptors (Lipinski definition) is 3. The highest BCUT2D eigenvalue weighted by atomic mass is 16.3. The predicted molar refractivity (Wildman–Crippen MR) is 63.6 cm³/mol. The number of aromatic nitrogens is 1. The van der Waals surface area contributed by atoms with E-state index < -0.39 is 0 Å². The molecule has 0 atom stereocenters. The zero-order chi connectivity index (χ0) is 11.0. The van der Waals surface area contributed by atoms with Gasteiger partial charge in [-0.15, -0.1) is 0 Å². The van der Waals surface area contributed by atoms with Crippen molar-refractivity contribution in [1.29, 1.82) is 0 Å². The first-order valence-corrected chi connectivity index (χ1v) is 5.91. The van der Waals surface area contributed by atoms with Crippen molar-refractivity contribution in [3.05, 3.63) is 29.7 Å². The van der Waals surface area contributed by atoms with Crippen LogP contribution in [0.5, 0.6) is 0 Å². The molecule has 16 heavy (non-hydrogen) atoms. The van der Waals surface area contributed by atoms with Crippen molar-refractivity contribution in [3.63, 3.8) is 0 Å². The maximum atomic E-state index is 5.85. The Labute approximate surface area is 94.9 Å². The molecule has 0 bridgehead atoms. The molecule has 1 aromatic heterocycles. The first-order chi connectivity index (χ1) is 7.84. The second-order valence-corrected chi connectivity index (χ2v) is 4.50. The Hall–Kier alpha value is -1.35. The third kappa shape index (κ3) is 1.61. The van der Waals surface area contributed by atoms with E-state index in [-0.39, 0.29) is 0 Å². The second-order valence-electron chi connectivity index (χ2n) is 4.50. The molecule has 1 aliphatic rings. The smallest absolute Gasteiger partial charge is 0.198 e. The maximum Gasteiger partial charge on any atom is 0.198 e. The standard InChI is InChI=1S/C13H16N2O/c1-9-3-2-4-11-12(9)15-13(16-11)10-5-7-14-8-6-10/h2-4,10,14H,5-8H2,1H3. The molecule has 84 valence electrons. The summed E-state index contributed by atoms with van der Waals surface area (Å²) in [6.07, 6.45) is 2.26. The molecular formula is C13H16N2O. The van der Waals surface area contributed by atoms with Crippen molar-refractivity contribution < 1.29 is 4.42 Å². The van der Waals surface area contributed by atoms with Gasteiger partial charge in [-0.25, -0.2) is 4.98 Å². The van der Waals surface area contributed by atoms with Crippen molar-refractivity contribution in [2.24, 2.45) is 0 Å². The first-order valence-electron chi connectivity index (χ1n) is 5.91. The molecule has 0 amide bonds. The molecule has 3 heteroatoms. The fourth-order valence-electron chi connectivity index (χ4n) is 2.35. The van der Waals surface area contributed by atoms with E-state index in [9.17, 15) is 0 Å². The molecule has 0 radical (unpaired) electrons. The summed E-state index contributed by atoms with van der Waals surface area (Å²) in [7, 11) is 0. The molecule has 2 heterocycles. The van der Waals surface area contributed by atoms with Gasteiger partial charge in [0.05, 0.1) is 0 Å². The van der Waals surface area contributed by atoms with Crippen LogP contribution < -0.4 is 5.32 Å². The number of oxazole rings is 1. The van der Waals surface area contributed by atoms with Crippen LogP contribution >= 0.6 is 0 Å². The van der Waals surface area contributed by atoms with Crippen LogP contribution in [0.15, 0.2) is 22.6 Å². The summed E-state index contributed by atoms with van der Waals surface area (Å²) >= 11 is 0. The van der Waals surface area contributed by atoms with E-state index in [1.165, 1.54) is 5.56 Å². The monoisotopic (exact) mass is 216 g/mol. The van der Waals surface area contributed by atoms with Gasteiger partial charge in [-0.1, -0.05) is 12.1 Å². The van der Waals surface area contributed by atoms with Gasteiger partial charge in [0.25, 0.3) is 0 Å². The van der Waals surface area contributed by atoms with E-state index in [0.29, 0.717) is 5.92 Å². The van der Waals surface area contributed by atoms with Crippen LogP contribution in [-0.4, -0.2) is 18.1 Å². The molecule has 2 aromatic rings. The molecule has 0 saturated carbocycles. The number of para-hydroxylation sites is 1. The molecule has 3 rings (SSSR count). The molecule has 1 fully saturated rings. The minimum absolute atomic E-state index is 0.494. The van der Waals surface area contributed by atoms with E-state index in [4.69, 9.17) is 4.42 Å². The molecular weight excluding hydrogens is 200 g/mol. The number of fused-ring (bicyclic) bond motifs is 1. The van der Waals surface area contributed by atoms with Crippen LogP contribution in [0, 0.1) is 6.92 Å². The molecule has 0 unspecified atom stereocenters. The molecule has 1 aliphatic heterocycles. The zero-order valence-electron chi connectivity index (χ0n) is 9.49. The second kappa shape index (κ2) is 3.91. The van der Waals surface area contributed by atoms with E-state index >= 15 is 0 Å². The van der Waals surface area contributed by atoms with Crippen LogP contribution in [0.3, 0.4) is 0 Å². The van der Waals surface area contributed by atoms with Crippen LogP contribution in [0.1, 0.15) is 30.2 Å². The Balaban J connectivity index is 2.01. The van der Waals surface area contributed by atoms with Gasteiger partial charge in [0.15, 0.2) is 11.5 Å². The highest BCUT2D eigenvalue weighted by Gasteiger charge is 2.20. The number of rotatable bonds is 1. The Kier molecular flexibility index (Phi) is 2.40. The van der Waals surface area contributed by atoms with Crippen molar-refractivity contribution in [3.8, 4) is 0 Å². The fraction of sp³-hybridized carbons (Fsp3) is 0.462. The van der Waals surface area contributed by atoms with Gasteiger partial charge in [0.2, 0.25) is 0 Å². The minimum Gasteiger partial charge on any atom is -0.440 e. The van der Waals surface area contributed by atoms with Gasteiger partial charge in [-0.3, -0.25) is 0 Å².